The third-order valence-corrected chi connectivity index (χ3v) is 4.82. The van der Waals surface area contributed by atoms with E-state index >= 15 is 0 Å². The summed E-state index contributed by atoms with van der Waals surface area (Å²) in [4.78, 5) is 1.03. The Labute approximate surface area is 115 Å². The number of thiophene rings is 1. The van der Waals surface area contributed by atoms with Gasteiger partial charge in [-0.15, -0.1) is 11.3 Å². The molecule has 1 atom stereocenters. The quantitative estimate of drug-likeness (QED) is 0.704. The van der Waals surface area contributed by atoms with E-state index in [1.807, 2.05) is 48.5 Å². The number of fused-ring (bicyclic) bond motifs is 3. The molecule has 19 heavy (non-hydrogen) atoms. The molecule has 1 aromatic heterocycles. The van der Waals surface area contributed by atoms with Gasteiger partial charge < -0.3 is 5.11 Å². The average Bonchev–Trinajstić information content (AvgIpc) is 3.04. The Morgan fingerprint density at radius 2 is 1.53 bits per heavy atom. The molecule has 1 aliphatic rings. The van der Waals surface area contributed by atoms with Crippen molar-refractivity contribution < 1.29 is 5.11 Å². The summed E-state index contributed by atoms with van der Waals surface area (Å²) in [6.07, 6.45) is 0. The van der Waals surface area contributed by atoms with Crippen molar-refractivity contribution in [1.29, 1.82) is 0 Å². The maximum atomic E-state index is 11.4. The van der Waals surface area contributed by atoms with Gasteiger partial charge >= 0.3 is 0 Å². The Bertz CT molecular complexity index is 745. The molecule has 0 fully saturated rings. The van der Waals surface area contributed by atoms with Crippen molar-refractivity contribution in [2.24, 2.45) is 0 Å². The van der Waals surface area contributed by atoms with Crippen LogP contribution in [-0.4, -0.2) is 5.11 Å². The minimum absolute atomic E-state index is 0.934. The molecule has 92 valence electrons. The van der Waals surface area contributed by atoms with Gasteiger partial charge in [0.05, 0.1) is 4.88 Å². The predicted molar refractivity (Wildman–Crippen MR) is 78.3 cm³/mol. The molecule has 0 spiro atoms. The molecule has 0 amide bonds. The summed E-state index contributed by atoms with van der Waals surface area (Å²) in [5.74, 6) is 0. The highest BCUT2D eigenvalue weighted by Gasteiger charge is 2.43. The number of hydrogen-bond acceptors (Lipinski definition) is 2. The molecule has 2 aromatic carbocycles. The minimum atomic E-state index is -0.999. The maximum absolute atomic E-state index is 11.4. The molecule has 1 unspecified atom stereocenters. The van der Waals surface area contributed by atoms with Crippen LogP contribution in [0, 0.1) is 0 Å². The maximum Gasteiger partial charge on any atom is 0.150 e. The molecule has 2 heteroatoms. The first-order valence-electron chi connectivity index (χ1n) is 6.27. The van der Waals surface area contributed by atoms with Crippen LogP contribution in [-0.2, 0) is 5.60 Å². The predicted octanol–water partition coefficient (Wildman–Crippen LogP) is 4.01. The van der Waals surface area contributed by atoms with E-state index in [4.69, 9.17) is 0 Å². The molecule has 3 aromatic rings. The second-order valence-electron chi connectivity index (χ2n) is 4.79. The average molecular weight is 264 g/mol. The van der Waals surface area contributed by atoms with E-state index in [9.17, 15) is 5.11 Å². The van der Waals surface area contributed by atoms with Crippen LogP contribution in [0.4, 0.5) is 0 Å². The van der Waals surface area contributed by atoms with Crippen LogP contribution >= 0.6 is 11.3 Å². The first-order valence-corrected chi connectivity index (χ1v) is 7.15. The molecule has 1 N–H and O–H groups in total. The van der Waals surface area contributed by atoms with Gasteiger partial charge in [-0.25, -0.2) is 0 Å². The van der Waals surface area contributed by atoms with E-state index < -0.39 is 5.60 Å². The second kappa shape index (κ2) is 3.80. The fraction of sp³-hybridized carbons (Fsp3) is 0.0588. The fourth-order valence-corrected chi connectivity index (χ4v) is 3.97. The first kappa shape index (κ1) is 11.0. The van der Waals surface area contributed by atoms with Gasteiger partial charge in [-0.05, 0) is 28.1 Å². The Morgan fingerprint density at radius 3 is 2.37 bits per heavy atom. The van der Waals surface area contributed by atoms with Crippen molar-refractivity contribution in [2.45, 2.75) is 5.60 Å². The lowest BCUT2D eigenvalue weighted by molar-refractivity contribution is 0.134. The lowest BCUT2D eigenvalue weighted by atomic mass is 9.88. The number of rotatable bonds is 1. The zero-order valence-corrected chi connectivity index (χ0v) is 11.0. The van der Waals surface area contributed by atoms with Gasteiger partial charge in [-0.3, -0.25) is 0 Å². The van der Waals surface area contributed by atoms with Crippen molar-refractivity contribution in [3.8, 4) is 11.1 Å². The summed E-state index contributed by atoms with van der Waals surface area (Å²) in [7, 11) is 0. The zero-order chi connectivity index (χ0) is 12.9. The fourth-order valence-electron chi connectivity index (χ4n) is 2.92. The molecular formula is C17H12OS. The molecule has 0 aliphatic heterocycles. The molecule has 1 heterocycles. The van der Waals surface area contributed by atoms with Crippen molar-refractivity contribution in [1.82, 2.24) is 0 Å². The Hall–Kier alpha value is -1.90. The van der Waals surface area contributed by atoms with Crippen LogP contribution in [0.1, 0.15) is 16.0 Å². The highest BCUT2D eigenvalue weighted by Crippen LogP contribution is 2.52. The van der Waals surface area contributed by atoms with E-state index in [0.717, 1.165) is 27.1 Å². The second-order valence-corrected chi connectivity index (χ2v) is 5.70. The van der Waals surface area contributed by atoms with Crippen molar-refractivity contribution in [3.05, 3.63) is 82.0 Å². The normalized spacial score (nSPS) is 20.1. The molecular weight excluding hydrogens is 252 g/mol. The molecule has 0 saturated carbocycles. The van der Waals surface area contributed by atoms with Crippen LogP contribution in [0.25, 0.3) is 11.1 Å². The number of aliphatic hydroxyl groups is 1. The van der Waals surface area contributed by atoms with Gasteiger partial charge in [-0.1, -0.05) is 54.6 Å². The lowest BCUT2D eigenvalue weighted by Gasteiger charge is -2.25. The van der Waals surface area contributed by atoms with Crippen molar-refractivity contribution >= 4 is 11.3 Å². The van der Waals surface area contributed by atoms with Crippen LogP contribution in [0.2, 0.25) is 0 Å². The topological polar surface area (TPSA) is 20.2 Å². The zero-order valence-electron chi connectivity index (χ0n) is 10.2. The van der Waals surface area contributed by atoms with Gasteiger partial charge in [-0.2, -0.15) is 0 Å². The van der Waals surface area contributed by atoms with Crippen molar-refractivity contribution in [3.63, 3.8) is 0 Å². The van der Waals surface area contributed by atoms with Gasteiger partial charge in [0.15, 0.2) is 5.60 Å². The Morgan fingerprint density at radius 1 is 0.789 bits per heavy atom. The highest BCUT2D eigenvalue weighted by molar-refractivity contribution is 7.10. The molecule has 0 saturated heterocycles. The summed E-state index contributed by atoms with van der Waals surface area (Å²) in [5.41, 5.74) is 3.23. The molecule has 1 aliphatic carbocycles. The van der Waals surface area contributed by atoms with Gasteiger partial charge in [0, 0.05) is 5.56 Å². The number of hydrogen-bond donors (Lipinski definition) is 1. The summed E-state index contributed by atoms with van der Waals surface area (Å²) < 4.78 is 0. The van der Waals surface area contributed by atoms with Crippen LogP contribution in [0.3, 0.4) is 0 Å². The number of benzene rings is 2. The Kier molecular flexibility index (Phi) is 2.19. The Balaban J connectivity index is 2.09. The van der Waals surface area contributed by atoms with Crippen LogP contribution < -0.4 is 0 Å². The molecule has 4 rings (SSSR count). The molecule has 0 radical (unpaired) electrons. The van der Waals surface area contributed by atoms with Crippen molar-refractivity contribution in [2.75, 3.05) is 0 Å². The van der Waals surface area contributed by atoms with Gasteiger partial charge in [0.25, 0.3) is 0 Å². The highest BCUT2D eigenvalue weighted by atomic mass is 32.1. The smallest absolute Gasteiger partial charge is 0.150 e. The van der Waals surface area contributed by atoms with E-state index in [1.165, 1.54) is 0 Å². The summed E-state index contributed by atoms with van der Waals surface area (Å²) in [5, 5.41) is 13.4. The monoisotopic (exact) mass is 264 g/mol. The standard InChI is InChI=1S/C17H12OS/c18-17(12-6-2-1-3-7-12)15-9-5-4-8-13(15)14-10-11-19-16(14)17/h1-11,18H. The van der Waals surface area contributed by atoms with Gasteiger partial charge in [0.1, 0.15) is 0 Å². The summed E-state index contributed by atoms with van der Waals surface area (Å²) in [6, 6.07) is 20.1. The van der Waals surface area contributed by atoms with Crippen LogP contribution in [0.5, 0.6) is 0 Å². The molecule has 1 nitrogen and oxygen atoms in total. The summed E-state index contributed by atoms with van der Waals surface area (Å²) >= 11 is 1.62. The summed E-state index contributed by atoms with van der Waals surface area (Å²) in [6.45, 7) is 0. The van der Waals surface area contributed by atoms with E-state index in [0.29, 0.717) is 0 Å². The van der Waals surface area contributed by atoms with E-state index in [2.05, 4.69) is 17.5 Å². The lowest BCUT2D eigenvalue weighted by Crippen LogP contribution is -2.24. The largest absolute Gasteiger partial charge is 0.375 e. The van der Waals surface area contributed by atoms with Gasteiger partial charge in [0.2, 0.25) is 0 Å². The third-order valence-electron chi connectivity index (χ3n) is 3.79. The first-order chi connectivity index (χ1) is 9.32. The van der Waals surface area contributed by atoms with E-state index in [-0.39, 0.29) is 0 Å². The molecule has 0 bridgehead atoms. The van der Waals surface area contributed by atoms with E-state index in [1.54, 1.807) is 11.3 Å². The third kappa shape index (κ3) is 1.33. The van der Waals surface area contributed by atoms with Crippen LogP contribution in [0.15, 0.2) is 66.0 Å². The SMILES string of the molecule is OC1(c2ccccc2)c2ccccc2-c2ccsc21. The minimum Gasteiger partial charge on any atom is -0.375 e.